The van der Waals surface area contributed by atoms with Crippen LogP contribution in [0.5, 0.6) is 0 Å². The second-order valence-corrected chi connectivity index (χ2v) is 7.04. The number of likely N-dealkylation sites (N-methyl/N-ethyl adjacent to an activating group) is 1. The topological polar surface area (TPSA) is 52.7 Å². The molecule has 1 aliphatic heterocycles. The Morgan fingerprint density at radius 2 is 1.72 bits per heavy atom. The molecule has 5 nitrogen and oxygen atoms in total. The maximum atomic E-state index is 13.0. The van der Waals surface area contributed by atoms with E-state index < -0.39 is 6.04 Å². The van der Waals surface area contributed by atoms with Crippen molar-refractivity contribution in [1.82, 2.24) is 15.1 Å². The van der Waals surface area contributed by atoms with Gasteiger partial charge < -0.3 is 15.1 Å². The highest BCUT2D eigenvalue weighted by Gasteiger charge is 2.31. The Kier molecular flexibility index (Phi) is 7.26. The van der Waals surface area contributed by atoms with Crippen LogP contribution in [0.1, 0.15) is 37.6 Å². The van der Waals surface area contributed by atoms with Crippen molar-refractivity contribution in [3.63, 3.8) is 0 Å². The monoisotopic (exact) mass is 365 g/mol. The van der Waals surface area contributed by atoms with E-state index in [1.807, 2.05) is 18.7 Å². The van der Waals surface area contributed by atoms with Crippen molar-refractivity contribution in [2.24, 2.45) is 5.92 Å². The molecule has 1 N–H and O–H groups in total. The van der Waals surface area contributed by atoms with Crippen molar-refractivity contribution >= 4 is 23.4 Å². The van der Waals surface area contributed by atoms with Crippen LogP contribution < -0.4 is 5.32 Å². The first-order valence-electron chi connectivity index (χ1n) is 9.03. The first-order chi connectivity index (χ1) is 12.0. The molecule has 0 spiro atoms. The summed E-state index contributed by atoms with van der Waals surface area (Å²) in [4.78, 5) is 29.7. The molecule has 2 atom stereocenters. The Hall–Kier alpha value is -1.59. The number of nitrogens with one attached hydrogen (secondary N) is 1. The van der Waals surface area contributed by atoms with Crippen LogP contribution in [-0.2, 0) is 4.79 Å². The standard InChI is InChI=1S/C19H28ClN3O2/c1-4-14(3)17(19(25)23-12-10-22(5-2)11-13-23)21-18(24)15-6-8-16(20)9-7-15/h6-9,14,17H,4-5,10-13H2,1-3H3,(H,21,24). The zero-order chi connectivity index (χ0) is 18.4. The summed E-state index contributed by atoms with van der Waals surface area (Å²) in [6.45, 7) is 10.4. The van der Waals surface area contributed by atoms with Gasteiger partial charge in [-0.25, -0.2) is 0 Å². The van der Waals surface area contributed by atoms with Gasteiger partial charge in [0.05, 0.1) is 0 Å². The number of amides is 2. The molecule has 0 saturated carbocycles. The predicted molar refractivity (Wildman–Crippen MR) is 101 cm³/mol. The molecule has 0 bridgehead atoms. The fourth-order valence-corrected chi connectivity index (χ4v) is 3.12. The zero-order valence-electron chi connectivity index (χ0n) is 15.3. The van der Waals surface area contributed by atoms with Gasteiger partial charge in [-0.15, -0.1) is 0 Å². The summed E-state index contributed by atoms with van der Waals surface area (Å²) in [6, 6.07) is 6.22. The molecule has 1 heterocycles. The quantitative estimate of drug-likeness (QED) is 0.843. The molecule has 1 aromatic carbocycles. The molecule has 0 aromatic heterocycles. The molecular weight excluding hydrogens is 338 g/mol. The molecule has 2 amide bonds. The lowest BCUT2D eigenvalue weighted by atomic mass is 9.97. The van der Waals surface area contributed by atoms with Crippen molar-refractivity contribution in [1.29, 1.82) is 0 Å². The summed E-state index contributed by atoms with van der Waals surface area (Å²) in [5, 5.41) is 3.52. The summed E-state index contributed by atoms with van der Waals surface area (Å²) in [7, 11) is 0. The normalized spacial score (nSPS) is 17.8. The molecule has 25 heavy (non-hydrogen) atoms. The number of rotatable bonds is 6. The van der Waals surface area contributed by atoms with Crippen molar-refractivity contribution < 1.29 is 9.59 Å². The Morgan fingerprint density at radius 1 is 1.12 bits per heavy atom. The third kappa shape index (κ3) is 5.19. The largest absolute Gasteiger partial charge is 0.340 e. The van der Waals surface area contributed by atoms with Crippen LogP contribution in [0.2, 0.25) is 5.02 Å². The van der Waals surface area contributed by atoms with Crippen LogP contribution >= 0.6 is 11.6 Å². The van der Waals surface area contributed by atoms with Gasteiger partial charge in [-0.2, -0.15) is 0 Å². The lowest BCUT2D eigenvalue weighted by molar-refractivity contribution is -0.136. The summed E-state index contributed by atoms with van der Waals surface area (Å²) in [5.41, 5.74) is 0.515. The van der Waals surface area contributed by atoms with Crippen molar-refractivity contribution in [3.8, 4) is 0 Å². The fraction of sp³-hybridized carbons (Fsp3) is 0.579. The van der Waals surface area contributed by atoms with E-state index in [1.54, 1.807) is 24.3 Å². The molecule has 138 valence electrons. The summed E-state index contributed by atoms with van der Waals surface area (Å²) in [6.07, 6.45) is 0.826. The van der Waals surface area contributed by atoms with Gasteiger partial charge in [0.15, 0.2) is 0 Å². The van der Waals surface area contributed by atoms with Gasteiger partial charge in [-0.05, 0) is 36.7 Å². The number of carbonyl (C=O) groups is 2. The van der Waals surface area contributed by atoms with E-state index in [0.717, 1.165) is 39.1 Å². The maximum absolute atomic E-state index is 13.0. The number of benzene rings is 1. The number of hydrogen-bond acceptors (Lipinski definition) is 3. The molecule has 0 radical (unpaired) electrons. The number of halogens is 1. The average molecular weight is 366 g/mol. The summed E-state index contributed by atoms with van der Waals surface area (Å²) < 4.78 is 0. The van der Waals surface area contributed by atoms with E-state index in [0.29, 0.717) is 10.6 Å². The van der Waals surface area contributed by atoms with Gasteiger partial charge in [0.1, 0.15) is 6.04 Å². The molecule has 2 unspecified atom stereocenters. The lowest BCUT2D eigenvalue weighted by Gasteiger charge is -2.37. The molecular formula is C19H28ClN3O2. The smallest absolute Gasteiger partial charge is 0.251 e. The van der Waals surface area contributed by atoms with Crippen molar-refractivity contribution in [2.45, 2.75) is 33.2 Å². The van der Waals surface area contributed by atoms with E-state index in [2.05, 4.69) is 17.1 Å². The molecule has 6 heteroatoms. The van der Waals surface area contributed by atoms with Gasteiger partial charge in [-0.1, -0.05) is 38.8 Å². The van der Waals surface area contributed by atoms with Crippen LogP contribution in [0, 0.1) is 5.92 Å². The molecule has 0 aliphatic carbocycles. The van der Waals surface area contributed by atoms with Crippen LogP contribution in [0.3, 0.4) is 0 Å². The third-order valence-electron chi connectivity index (χ3n) is 5.00. The Balaban J connectivity index is 2.06. The highest BCUT2D eigenvalue weighted by atomic mass is 35.5. The molecule has 1 aliphatic rings. The summed E-state index contributed by atoms with van der Waals surface area (Å²) in [5.74, 6) is -0.136. The van der Waals surface area contributed by atoms with E-state index in [9.17, 15) is 9.59 Å². The van der Waals surface area contributed by atoms with Crippen LogP contribution in [0.4, 0.5) is 0 Å². The van der Waals surface area contributed by atoms with Crippen LogP contribution in [0.25, 0.3) is 0 Å². The van der Waals surface area contributed by atoms with E-state index in [-0.39, 0.29) is 17.7 Å². The minimum atomic E-state index is -0.499. The van der Waals surface area contributed by atoms with Crippen molar-refractivity contribution in [2.75, 3.05) is 32.7 Å². The Morgan fingerprint density at radius 3 is 2.24 bits per heavy atom. The minimum Gasteiger partial charge on any atom is -0.340 e. The van der Waals surface area contributed by atoms with E-state index in [1.165, 1.54) is 0 Å². The van der Waals surface area contributed by atoms with E-state index in [4.69, 9.17) is 11.6 Å². The second-order valence-electron chi connectivity index (χ2n) is 6.60. The molecule has 2 rings (SSSR count). The highest BCUT2D eigenvalue weighted by molar-refractivity contribution is 6.30. The Bertz CT molecular complexity index is 583. The first-order valence-corrected chi connectivity index (χ1v) is 9.41. The third-order valence-corrected chi connectivity index (χ3v) is 5.26. The van der Waals surface area contributed by atoms with Crippen LogP contribution in [-0.4, -0.2) is 60.4 Å². The van der Waals surface area contributed by atoms with Gasteiger partial charge in [0, 0.05) is 36.8 Å². The minimum absolute atomic E-state index is 0.0208. The number of piperazine rings is 1. The number of nitrogens with zero attached hydrogens (tertiary/aromatic N) is 2. The summed E-state index contributed by atoms with van der Waals surface area (Å²) >= 11 is 5.87. The SMILES string of the molecule is CCC(C)C(NC(=O)c1ccc(Cl)cc1)C(=O)N1CCN(CC)CC1. The van der Waals surface area contributed by atoms with Gasteiger partial charge in [0.2, 0.25) is 5.91 Å². The highest BCUT2D eigenvalue weighted by Crippen LogP contribution is 2.15. The lowest BCUT2D eigenvalue weighted by Crippen LogP contribution is -2.56. The van der Waals surface area contributed by atoms with Crippen molar-refractivity contribution in [3.05, 3.63) is 34.9 Å². The molecule has 1 saturated heterocycles. The number of hydrogen-bond donors (Lipinski definition) is 1. The van der Waals surface area contributed by atoms with Gasteiger partial charge >= 0.3 is 0 Å². The number of carbonyl (C=O) groups excluding carboxylic acids is 2. The molecule has 1 fully saturated rings. The maximum Gasteiger partial charge on any atom is 0.251 e. The van der Waals surface area contributed by atoms with Crippen LogP contribution in [0.15, 0.2) is 24.3 Å². The first kappa shape index (κ1) is 19.7. The zero-order valence-corrected chi connectivity index (χ0v) is 16.1. The molecule has 1 aromatic rings. The Labute approximate surface area is 155 Å². The van der Waals surface area contributed by atoms with Gasteiger partial charge in [0.25, 0.3) is 5.91 Å². The second kappa shape index (κ2) is 9.20. The van der Waals surface area contributed by atoms with E-state index >= 15 is 0 Å². The fourth-order valence-electron chi connectivity index (χ4n) is 2.99. The average Bonchev–Trinajstić information content (AvgIpc) is 2.65. The predicted octanol–water partition coefficient (Wildman–Crippen LogP) is 2.65. The van der Waals surface area contributed by atoms with Gasteiger partial charge in [-0.3, -0.25) is 9.59 Å².